The summed E-state index contributed by atoms with van der Waals surface area (Å²) in [5.41, 5.74) is 1.85. The summed E-state index contributed by atoms with van der Waals surface area (Å²) in [6, 6.07) is 14.1. The zero-order valence-corrected chi connectivity index (χ0v) is 15.2. The molecule has 26 heavy (non-hydrogen) atoms. The van der Waals surface area contributed by atoms with Gasteiger partial charge >= 0.3 is 0 Å². The topological polar surface area (TPSA) is 68.4 Å². The number of nitro benzene ring substituents is 1. The van der Waals surface area contributed by atoms with E-state index in [1.807, 2.05) is 52.4 Å². The monoisotopic (exact) mass is 369 g/mol. The summed E-state index contributed by atoms with van der Waals surface area (Å²) < 4.78 is 2.00. The first-order valence-electron chi connectivity index (χ1n) is 8.16. The van der Waals surface area contributed by atoms with Crippen LogP contribution in [0.4, 0.5) is 5.69 Å². The zero-order chi connectivity index (χ0) is 18.5. The number of carbonyl (C=O) groups is 1. The van der Waals surface area contributed by atoms with E-state index in [1.54, 1.807) is 23.5 Å². The van der Waals surface area contributed by atoms with Crippen molar-refractivity contribution >= 4 is 22.9 Å². The summed E-state index contributed by atoms with van der Waals surface area (Å²) in [4.78, 5) is 26.1. The number of hydrogen-bond acceptors (Lipinski definition) is 4. The molecule has 0 bridgehead atoms. The molecule has 0 aliphatic rings. The lowest BCUT2D eigenvalue weighted by molar-refractivity contribution is -0.384. The lowest BCUT2D eigenvalue weighted by Gasteiger charge is -2.23. The average Bonchev–Trinajstić information content (AvgIpc) is 3.27. The van der Waals surface area contributed by atoms with Crippen LogP contribution in [0.25, 0.3) is 0 Å². The third-order valence-electron chi connectivity index (χ3n) is 4.19. The van der Waals surface area contributed by atoms with Gasteiger partial charge < -0.3 is 9.47 Å². The molecular weight excluding hydrogens is 350 g/mol. The molecule has 0 radical (unpaired) electrons. The smallest absolute Gasteiger partial charge is 0.269 e. The number of aromatic nitrogens is 1. The Kier molecular flexibility index (Phi) is 5.48. The molecule has 0 fully saturated rings. The molecule has 0 aliphatic carbocycles. The molecule has 3 rings (SSSR count). The van der Waals surface area contributed by atoms with Gasteiger partial charge in [-0.1, -0.05) is 18.2 Å². The quantitative estimate of drug-likeness (QED) is 0.470. The molecule has 1 aromatic carbocycles. The maximum Gasteiger partial charge on any atom is 0.269 e. The maximum atomic E-state index is 12.9. The van der Waals surface area contributed by atoms with Gasteiger partial charge in [0.25, 0.3) is 5.69 Å². The molecule has 6 nitrogen and oxygen atoms in total. The SMILES string of the molecule is Cn1cccc1CN(Cc1cccs1)C(=O)Cc1ccc([N+](=O)[O-])cc1. The van der Waals surface area contributed by atoms with Gasteiger partial charge in [-0.3, -0.25) is 14.9 Å². The van der Waals surface area contributed by atoms with Gasteiger partial charge in [0, 0.05) is 35.9 Å². The second kappa shape index (κ2) is 7.97. The molecule has 0 atom stereocenters. The fourth-order valence-electron chi connectivity index (χ4n) is 2.70. The molecular formula is C19H19N3O3S. The molecule has 0 spiro atoms. The fraction of sp³-hybridized carbons (Fsp3) is 0.211. The Morgan fingerprint density at radius 3 is 2.50 bits per heavy atom. The zero-order valence-electron chi connectivity index (χ0n) is 14.4. The van der Waals surface area contributed by atoms with Crippen molar-refractivity contribution in [2.45, 2.75) is 19.5 Å². The number of benzene rings is 1. The number of carbonyl (C=O) groups excluding carboxylic acids is 1. The third-order valence-corrected chi connectivity index (χ3v) is 5.05. The number of rotatable bonds is 7. The van der Waals surface area contributed by atoms with E-state index in [-0.39, 0.29) is 18.0 Å². The van der Waals surface area contributed by atoms with Crippen molar-refractivity contribution in [2.75, 3.05) is 0 Å². The number of amides is 1. The number of nitro groups is 1. The highest BCUT2D eigenvalue weighted by Crippen LogP contribution is 2.17. The predicted molar refractivity (Wildman–Crippen MR) is 101 cm³/mol. The van der Waals surface area contributed by atoms with Crippen LogP contribution in [0.2, 0.25) is 0 Å². The highest BCUT2D eigenvalue weighted by molar-refractivity contribution is 7.09. The molecule has 0 saturated carbocycles. The van der Waals surface area contributed by atoms with Gasteiger partial charge in [0.1, 0.15) is 0 Å². The minimum Gasteiger partial charge on any atom is -0.353 e. The summed E-state index contributed by atoms with van der Waals surface area (Å²) in [7, 11) is 1.96. The number of thiophene rings is 1. The standard InChI is InChI=1S/C19H19N3O3S/c1-20-10-2-4-17(20)13-21(14-18-5-3-11-26-18)19(23)12-15-6-8-16(9-7-15)22(24)25/h2-11H,12-14H2,1H3. The maximum absolute atomic E-state index is 12.9. The summed E-state index contributed by atoms with van der Waals surface area (Å²) in [5, 5.41) is 12.8. The van der Waals surface area contributed by atoms with Crippen molar-refractivity contribution in [2.24, 2.45) is 7.05 Å². The van der Waals surface area contributed by atoms with Crippen LogP contribution >= 0.6 is 11.3 Å². The van der Waals surface area contributed by atoms with Crippen molar-refractivity contribution < 1.29 is 9.72 Å². The Morgan fingerprint density at radius 1 is 1.15 bits per heavy atom. The van der Waals surface area contributed by atoms with Gasteiger partial charge in [-0.25, -0.2) is 0 Å². The van der Waals surface area contributed by atoms with Gasteiger partial charge in [0.05, 0.1) is 24.4 Å². The first kappa shape index (κ1) is 17.9. The van der Waals surface area contributed by atoms with Gasteiger partial charge in [-0.15, -0.1) is 11.3 Å². The first-order chi connectivity index (χ1) is 12.5. The van der Waals surface area contributed by atoms with Crippen molar-refractivity contribution in [1.82, 2.24) is 9.47 Å². The number of non-ortho nitro benzene ring substituents is 1. The second-order valence-electron chi connectivity index (χ2n) is 6.04. The second-order valence-corrected chi connectivity index (χ2v) is 7.07. The predicted octanol–water partition coefficient (Wildman–Crippen LogP) is 3.77. The molecule has 0 unspecified atom stereocenters. The highest BCUT2D eigenvalue weighted by atomic mass is 32.1. The Bertz CT molecular complexity index is 885. The Balaban J connectivity index is 1.75. The van der Waals surface area contributed by atoms with Crippen LogP contribution in [0.5, 0.6) is 0 Å². The minimum atomic E-state index is -0.440. The van der Waals surface area contributed by atoms with Crippen molar-refractivity contribution in [3.63, 3.8) is 0 Å². The fourth-order valence-corrected chi connectivity index (χ4v) is 3.42. The van der Waals surface area contributed by atoms with Crippen LogP contribution < -0.4 is 0 Å². The van der Waals surface area contributed by atoms with E-state index in [0.717, 1.165) is 16.1 Å². The lowest BCUT2D eigenvalue weighted by Crippen LogP contribution is -2.31. The molecule has 0 N–H and O–H groups in total. The Hall–Kier alpha value is -2.93. The molecule has 0 aliphatic heterocycles. The van der Waals surface area contributed by atoms with E-state index in [1.165, 1.54) is 12.1 Å². The average molecular weight is 369 g/mol. The Labute approximate surface area is 155 Å². The van der Waals surface area contributed by atoms with Crippen LogP contribution in [0.1, 0.15) is 16.1 Å². The third kappa shape index (κ3) is 4.37. The summed E-state index contributed by atoms with van der Waals surface area (Å²) in [5.74, 6) is -0.00606. The van der Waals surface area contributed by atoms with Crippen LogP contribution in [-0.2, 0) is 31.4 Å². The minimum absolute atomic E-state index is 0.00606. The number of hydrogen-bond donors (Lipinski definition) is 0. The molecule has 134 valence electrons. The van der Waals surface area contributed by atoms with E-state index < -0.39 is 4.92 Å². The number of aryl methyl sites for hydroxylation is 1. The van der Waals surface area contributed by atoms with Gasteiger partial charge in [0.15, 0.2) is 0 Å². The van der Waals surface area contributed by atoms with Crippen LogP contribution in [-0.4, -0.2) is 20.3 Å². The van der Waals surface area contributed by atoms with Crippen LogP contribution in [0, 0.1) is 10.1 Å². The summed E-state index contributed by atoms with van der Waals surface area (Å²) in [6.45, 7) is 1.07. The molecule has 2 aromatic heterocycles. The van der Waals surface area contributed by atoms with Crippen molar-refractivity contribution in [3.8, 4) is 0 Å². The molecule has 7 heteroatoms. The van der Waals surface area contributed by atoms with E-state index in [4.69, 9.17) is 0 Å². The Morgan fingerprint density at radius 2 is 1.92 bits per heavy atom. The molecule has 2 heterocycles. The molecule has 3 aromatic rings. The van der Waals surface area contributed by atoms with E-state index in [9.17, 15) is 14.9 Å². The highest BCUT2D eigenvalue weighted by Gasteiger charge is 2.17. The normalized spacial score (nSPS) is 10.7. The molecule has 1 amide bonds. The lowest BCUT2D eigenvalue weighted by atomic mass is 10.1. The molecule has 0 saturated heterocycles. The van der Waals surface area contributed by atoms with Crippen LogP contribution in [0.15, 0.2) is 60.1 Å². The van der Waals surface area contributed by atoms with E-state index in [0.29, 0.717) is 13.1 Å². The van der Waals surface area contributed by atoms with Gasteiger partial charge in [-0.2, -0.15) is 0 Å². The van der Waals surface area contributed by atoms with E-state index >= 15 is 0 Å². The van der Waals surface area contributed by atoms with Crippen LogP contribution in [0.3, 0.4) is 0 Å². The summed E-state index contributed by atoms with van der Waals surface area (Å²) in [6.07, 6.45) is 2.17. The largest absolute Gasteiger partial charge is 0.353 e. The first-order valence-corrected chi connectivity index (χ1v) is 9.04. The van der Waals surface area contributed by atoms with Crippen molar-refractivity contribution in [3.05, 3.63) is 86.4 Å². The van der Waals surface area contributed by atoms with Crippen molar-refractivity contribution in [1.29, 1.82) is 0 Å². The number of nitrogens with zero attached hydrogens (tertiary/aromatic N) is 3. The van der Waals surface area contributed by atoms with Gasteiger partial charge in [-0.05, 0) is 29.1 Å². The van der Waals surface area contributed by atoms with E-state index in [2.05, 4.69) is 0 Å². The van der Waals surface area contributed by atoms with Gasteiger partial charge in [0.2, 0.25) is 5.91 Å². The summed E-state index contributed by atoms with van der Waals surface area (Å²) >= 11 is 1.62.